The molecule has 1 aliphatic heterocycles. The molecule has 1 atom stereocenters. The highest BCUT2D eigenvalue weighted by Gasteiger charge is 2.25. The van der Waals surface area contributed by atoms with E-state index in [0.717, 1.165) is 36.1 Å². The Kier molecular flexibility index (Phi) is 3.22. The van der Waals surface area contributed by atoms with Gasteiger partial charge >= 0.3 is 5.97 Å². The first-order valence-corrected chi connectivity index (χ1v) is 7.67. The second kappa shape index (κ2) is 4.89. The summed E-state index contributed by atoms with van der Waals surface area (Å²) in [7, 11) is 0. The molecule has 0 spiro atoms. The van der Waals surface area contributed by atoms with Gasteiger partial charge in [0.2, 0.25) is 0 Å². The maximum absolute atomic E-state index is 11.0. The van der Waals surface area contributed by atoms with E-state index in [-0.39, 0.29) is 12.3 Å². The van der Waals surface area contributed by atoms with Crippen molar-refractivity contribution in [1.82, 2.24) is 9.55 Å². The molecule has 3 heterocycles. The lowest BCUT2D eigenvalue weighted by molar-refractivity contribution is -0.137. The van der Waals surface area contributed by atoms with Crippen molar-refractivity contribution in [2.75, 3.05) is 6.26 Å². The first-order valence-electron chi connectivity index (χ1n) is 6.44. The molecular formula is C14H16N2O2S. The van der Waals surface area contributed by atoms with E-state index in [1.165, 1.54) is 4.90 Å². The Hall–Kier alpha value is -1.49. The molecule has 0 radical (unpaired) electrons. The standard InChI is InChI=1S/C14H16N2O2S/c1-19-12-4-5-15-14-10(12)8-11-9(7-13(17)18)3-2-6-16(11)14/h4-5,8-9H,2-3,6-7H2,1H3,(H,17,18). The number of carbonyl (C=O) groups is 1. The first kappa shape index (κ1) is 12.5. The van der Waals surface area contributed by atoms with E-state index in [9.17, 15) is 4.79 Å². The number of nitrogens with zero attached hydrogens (tertiary/aromatic N) is 2. The third-order valence-corrected chi connectivity index (χ3v) is 4.58. The molecule has 0 aliphatic carbocycles. The molecule has 0 amide bonds. The zero-order valence-corrected chi connectivity index (χ0v) is 11.6. The summed E-state index contributed by atoms with van der Waals surface area (Å²) in [5.74, 6) is -0.600. The van der Waals surface area contributed by atoms with Crippen molar-refractivity contribution in [3.8, 4) is 0 Å². The van der Waals surface area contributed by atoms with Crippen LogP contribution in [0.25, 0.3) is 11.0 Å². The summed E-state index contributed by atoms with van der Waals surface area (Å²) < 4.78 is 2.20. The van der Waals surface area contributed by atoms with Crippen LogP contribution in [-0.2, 0) is 11.3 Å². The van der Waals surface area contributed by atoms with Gasteiger partial charge in [0.05, 0.1) is 6.42 Å². The number of hydrogen-bond donors (Lipinski definition) is 1. The zero-order chi connectivity index (χ0) is 13.4. The highest BCUT2D eigenvalue weighted by atomic mass is 32.2. The number of thioether (sulfide) groups is 1. The molecule has 5 heteroatoms. The van der Waals surface area contributed by atoms with Gasteiger partial charge in [-0.05, 0) is 31.2 Å². The first-order chi connectivity index (χ1) is 9.20. The van der Waals surface area contributed by atoms with Crippen LogP contribution in [0.1, 0.15) is 30.9 Å². The smallest absolute Gasteiger partial charge is 0.304 e. The summed E-state index contributed by atoms with van der Waals surface area (Å²) in [6.45, 7) is 0.944. The summed E-state index contributed by atoms with van der Waals surface area (Å²) >= 11 is 1.71. The minimum absolute atomic E-state index is 0.121. The quantitative estimate of drug-likeness (QED) is 0.875. The average Bonchev–Trinajstić information content (AvgIpc) is 2.78. The number of hydrogen-bond acceptors (Lipinski definition) is 3. The topological polar surface area (TPSA) is 55.1 Å². The third-order valence-electron chi connectivity index (χ3n) is 3.78. The van der Waals surface area contributed by atoms with E-state index in [4.69, 9.17) is 5.11 Å². The molecule has 0 saturated heterocycles. The Labute approximate surface area is 115 Å². The van der Waals surface area contributed by atoms with Crippen molar-refractivity contribution in [2.24, 2.45) is 0 Å². The molecule has 1 N–H and O–H groups in total. The van der Waals surface area contributed by atoms with Gasteiger partial charge in [-0.25, -0.2) is 4.98 Å². The Morgan fingerprint density at radius 2 is 2.47 bits per heavy atom. The van der Waals surface area contributed by atoms with Crippen molar-refractivity contribution in [3.63, 3.8) is 0 Å². The maximum atomic E-state index is 11.0. The predicted molar refractivity (Wildman–Crippen MR) is 75.7 cm³/mol. The molecule has 4 nitrogen and oxygen atoms in total. The fourth-order valence-corrected chi connectivity index (χ4v) is 3.52. The number of aliphatic carboxylic acids is 1. The van der Waals surface area contributed by atoms with Gasteiger partial charge in [0.15, 0.2) is 0 Å². The van der Waals surface area contributed by atoms with E-state index in [1.807, 2.05) is 12.3 Å². The predicted octanol–water partition coefficient (Wildman–Crippen LogP) is 3.11. The Morgan fingerprint density at radius 1 is 1.63 bits per heavy atom. The molecule has 0 aromatic carbocycles. The van der Waals surface area contributed by atoms with E-state index in [2.05, 4.69) is 21.9 Å². The van der Waals surface area contributed by atoms with Gasteiger partial charge in [0.25, 0.3) is 0 Å². The Morgan fingerprint density at radius 3 is 3.21 bits per heavy atom. The molecule has 0 fully saturated rings. The lowest BCUT2D eigenvalue weighted by atomic mass is 9.93. The van der Waals surface area contributed by atoms with Crippen LogP contribution in [0.4, 0.5) is 0 Å². The number of carboxylic acids is 1. The highest BCUT2D eigenvalue weighted by Crippen LogP contribution is 2.36. The molecule has 0 bridgehead atoms. The summed E-state index contributed by atoms with van der Waals surface area (Å²) in [5.41, 5.74) is 2.13. The van der Waals surface area contributed by atoms with Gasteiger partial charge in [0.1, 0.15) is 5.65 Å². The molecule has 1 aliphatic rings. The minimum atomic E-state index is -0.721. The fraction of sp³-hybridized carbons (Fsp3) is 0.429. The van der Waals surface area contributed by atoms with Gasteiger partial charge in [0, 0.05) is 34.6 Å². The largest absolute Gasteiger partial charge is 0.481 e. The van der Waals surface area contributed by atoms with Crippen LogP contribution in [0.15, 0.2) is 23.2 Å². The summed E-state index contributed by atoms with van der Waals surface area (Å²) in [5, 5.41) is 10.2. The van der Waals surface area contributed by atoms with Crippen LogP contribution in [0.2, 0.25) is 0 Å². The van der Waals surface area contributed by atoms with Gasteiger partial charge in [-0.15, -0.1) is 11.8 Å². The van der Waals surface area contributed by atoms with Crippen LogP contribution < -0.4 is 0 Å². The number of aryl methyl sites for hydroxylation is 1. The summed E-state index contributed by atoms with van der Waals surface area (Å²) in [6.07, 6.45) is 6.09. The lowest BCUT2D eigenvalue weighted by Gasteiger charge is -2.23. The Bertz CT molecular complexity index is 636. The van der Waals surface area contributed by atoms with Crippen molar-refractivity contribution in [3.05, 3.63) is 24.0 Å². The van der Waals surface area contributed by atoms with Crippen LogP contribution in [-0.4, -0.2) is 26.9 Å². The van der Waals surface area contributed by atoms with Crippen LogP contribution in [0.3, 0.4) is 0 Å². The van der Waals surface area contributed by atoms with E-state index in [0.29, 0.717) is 0 Å². The Balaban J connectivity index is 2.14. The summed E-state index contributed by atoms with van der Waals surface area (Å²) in [4.78, 5) is 16.7. The van der Waals surface area contributed by atoms with Gasteiger partial charge in [-0.2, -0.15) is 0 Å². The number of fused-ring (bicyclic) bond motifs is 3. The van der Waals surface area contributed by atoms with Crippen molar-refractivity contribution in [2.45, 2.75) is 36.6 Å². The molecule has 0 saturated carbocycles. The summed E-state index contributed by atoms with van der Waals surface area (Å²) in [6, 6.07) is 4.16. The molecule has 100 valence electrons. The normalized spacial score (nSPS) is 18.5. The van der Waals surface area contributed by atoms with Crippen molar-refractivity contribution >= 4 is 28.8 Å². The van der Waals surface area contributed by atoms with Crippen molar-refractivity contribution < 1.29 is 9.90 Å². The van der Waals surface area contributed by atoms with E-state index < -0.39 is 5.97 Å². The SMILES string of the molecule is CSc1ccnc2c1cc1n2CCCC1CC(=O)O. The number of pyridine rings is 1. The monoisotopic (exact) mass is 276 g/mol. The molecule has 19 heavy (non-hydrogen) atoms. The number of aromatic nitrogens is 2. The number of rotatable bonds is 3. The molecule has 1 unspecified atom stereocenters. The molecular weight excluding hydrogens is 260 g/mol. The van der Waals surface area contributed by atoms with Crippen LogP contribution in [0.5, 0.6) is 0 Å². The van der Waals surface area contributed by atoms with Crippen LogP contribution in [0, 0.1) is 0 Å². The van der Waals surface area contributed by atoms with E-state index in [1.54, 1.807) is 11.8 Å². The van der Waals surface area contributed by atoms with Gasteiger partial charge in [-0.3, -0.25) is 4.79 Å². The van der Waals surface area contributed by atoms with Crippen LogP contribution >= 0.6 is 11.8 Å². The lowest BCUT2D eigenvalue weighted by Crippen LogP contribution is -2.17. The van der Waals surface area contributed by atoms with Crippen molar-refractivity contribution in [1.29, 1.82) is 0 Å². The zero-order valence-electron chi connectivity index (χ0n) is 10.8. The minimum Gasteiger partial charge on any atom is -0.481 e. The second-order valence-corrected chi connectivity index (χ2v) is 5.76. The maximum Gasteiger partial charge on any atom is 0.304 e. The average molecular weight is 276 g/mol. The second-order valence-electron chi connectivity index (χ2n) is 4.91. The van der Waals surface area contributed by atoms with Gasteiger partial charge < -0.3 is 9.67 Å². The third kappa shape index (κ3) is 2.12. The molecule has 3 rings (SSSR count). The number of carboxylic acid groups (broad SMARTS) is 1. The highest BCUT2D eigenvalue weighted by molar-refractivity contribution is 7.98. The molecule has 2 aromatic heterocycles. The molecule has 2 aromatic rings. The fourth-order valence-electron chi connectivity index (χ4n) is 2.96. The van der Waals surface area contributed by atoms with Gasteiger partial charge in [-0.1, -0.05) is 0 Å². The van der Waals surface area contributed by atoms with E-state index >= 15 is 0 Å².